The van der Waals surface area contributed by atoms with Gasteiger partial charge < -0.3 is 9.52 Å². The molecule has 2 heterocycles. The van der Waals surface area contributed by atoms with Crippen molar-refractivity contribution < 1.29 is 47.6 Å². The van der Waals surface area contributed by atoms with E-state index in [1.54, 1.807) is 0 Å². The molecule has 1 radical (unpaired) electrons. The molecule has 9 heteroatoms. The number of aliphatic hydroxyl groups excluding tert-OH is 1. The first-order valence-electron chi connectivity index (χ1n) is 18.1. The molecule has 0 fully saturated rings. The van der Waals surface area contributed by atoms with E-state index in [1.807, 2.05) is 47.6 Å². The monoisotopic (exact) mass is 894 g/mol. The van der Waals surface area contributed by atoms with Crippen molar-refractivity contribution in [3.05, 3.63) is 82.9 Å². The molecule has 0 aliphatic rings. The van der Waals surface area contributed by atoms with Gasteiger partial charge in [0.15, 0.2) is 5.78 Å². The average molecular weight is 894 g/mol. The van der Waals surface area contributed by atoms with E-state index < -0.39 is 11.7 Å². The molecule has 2 aromatic heterocycles. The third kappa shape index (κ3) is 9.90. The molecule has 3 aromatic carbocycles. The number of carbonyl (C=O) groups excluding carboxylic acids is 1. The van der Waals surface area contributed by atoms with Crippen LogP contribution in [0.2, 0.25) is 0 Å². The summed E-state index contributed by atoms with van der Waals surface area (Å²) in [5.41, 5.74) is 5.76. The van der Waals surface area contributed by atoms with Crippen LogP contribution in [0, 0.1) is 30.2 Å². The van der Waals surface area contributed by atoms with E-state index in [0.29, 0.717) is 27.7 Å². The van der Waals surface area contributed by atoms with Crippen molar-refractivity contribution in [2.24, 2.45) is 17.3 Å². The van der Waals surface area contributed by atoms with E-state index >= 15 is 0 Å². The molecular weight excluding hydrogens is 842 g/mol. The summed E-state index contributed by atoms with van der Waals surface area (Å²) >= 11 is 0. The van der Waals surface area contributed by atoms with Crippen molar-refractivity contribution >= 4 is 38.6 Å². The number of furan rings is 1. The first-order valence-corrected chi connectivity index (χ1v) is 18.1. The Labute approximate surface area is 319 Å². The Kier molecular flexibility index (Phi) is 14.4. The van der Waals surface area contributed by atoms with Crippen LogP contribution >= 0.6 is 0 Å². The largest absolute Gasteiger partial charge is 0.512 e. The minimum Gasteiger partial charge on any atom is -0.512 e. The van der Waals surface area contributed by atoms with Crippen LogP contribution < -0.4 is 0 Å². The number of ketones is 1. The SMILES string of the molecule is CCC(CC)C(=O)/C=C(\O)C(CC)CC.Cc1cc2c(cc1CC(C)(C)C)oc1c(-c3[c-]c4cc(C(F)(F)F)ccc4c(C(C)C)c3)ncnc12.[Ir]. The molecule has 0 atom stereocenters. The first kappa shape index (κ1) is 42.9. The number of rotatable bonds is 10. The summed E-state index contributed by atoms with van der Waals surface area (Å²) in [6, 6.07) is 13.1. The second-order valence-corrected chi connectivity index (χ2v) is 15.1. The zero-order valence-electron chi connectivity index (χ0n) is 32.0. The Hall–Kier alpha value is -3.55. The second-order valence-electron chi connectivity index (χ2n) is 15.1. The number of aromatic nitrogens is 2. The van der Waals surface area contributed by atoms with Gasteiger partial charge in [0.25, 0.3) is 0 Å². The molecule has 0 spiro atoms. The summed E-state index contributed by atoms with van der Waals surface area (Å²) in [6.45, 7) is 20.8. The Morgan fingerprint density at radius 1 is 0.923 bits per heavy atom. The summed E-state index contributed by atoms with van der Waals surface area (Å²) < 4.78 is 46.6. The number of fused-ring (bicyclic) bond motifs is 4. The fourth-order valence-corrected chi connectivity index (χ4v) is 6.60. The minimum absolute atomic E-state index is 0. The van der Waals surface area contributed by atoms with Gasteiger partial charge in [0.1, 0.15) is 23.0 Å². The number of benzene rings is 3. The molecule has 0 bridgehead atoms. The number of hydrogen-bond acceptors (Lipinski definition) is 5. The summed E-state index contributed by atoms with van der Waals surface area (Å²) in [7, 11) is 0. The van der Waals surface area contributed by atoms with Crippen molar-refractivity contribution in [2.75, 3.05) is 0 Å². The molecule has 0 amide bonds. The van der Waals surface area contributed by atoms with E-state index in [0.717, 1.165) is 66.2 Å². The van der Waals surface area contributed by atoms with Gasteiger partial charge in [0.05, 0.1) is 11.5 Å². The van der Waals surface area contributed by atoms with Gasteiger partial charge in [-0.3, -0.25) is 9.78 Å². The maximum Gasteiger partial charge on any atom is 0.409 e. The summed E-state index contributed by atoms with van der Waals surface area (Å²) in [5.74, 6) is 0.638. The van der Waals surface area contributed by atoms with Gasteiger partial charge in [-0.1, -0.05) is 85.4 Å². The maximum absolute atomic E-state index is 13.4. The van der Waals surface area contributed by atoms with Crippen LogP contribution in [0.1, 0.15) is 116 Å². The van der Waals surface area contributed by atoms with Gasteiger partial charge in [-0.05, 0) is 73.6 Å². The number of allylic oxidation sites excluding steroid dienone is 2. The fourth-order valence-electron chi connectivity index (χ4n) is 6.60. The van der Waals surface area contributed by atoms with Crippen LogP contribution in [0.15, 0.2) is 59.0 Å². The molecule has 0 aliphatic heterocycles. The zero-order valence-corrected chi connectivity index (χ0v) is 34.4. The predicted octanol–water partition coefficient (Wildman–Crippen LogP) is 12.9. The van der Waals surface area contributed by atoms with Crippen LogP contribution in [0.3, 0.4) is 0 Å². The smallest absolute Gasteiger partial charge is 0.409 e. The van der Waals surface area contributed by atoms with Gasteiger partial charge in [0.2, 0.25) is 0 Å². The molecule has 52 heavy (non-hydrogen) atoms. The fraction of sp³-hybridized carbons (Fsp3) is 0.465. The van der Waals surface area contributed by atoms with Crippen LogP contribution in [-0.2, 0) is 37.5 Å². The minimum atomic E-state index is -4.43. The van der Waals surface area contributed by atoms with E-state index in [9.17, 15) is 23.1 Å². The molecule has 5 nitrogen and oxygen atoms in total. The van der Waals surface area contributed by atoms with Gasteiger partial charge in [-0.15, -0.1) is 29.1 Å². The molecule has 0 saturated heterocycles. The molecule has 0 unspecified atom stereocenters. The molecule has 0 aliphatic carbocycles. The average Bonchev–Trinajstić information content (AvgIpc) is 3.41. The van der Waals surface area contributed by atoms with E-state index in [4.69, 9.17) is 4.42 Å². The standard InChI is InChI=1S/C30H28F3N2O.C13H24O2.Ir/c1-16(2)23-12-19(10-18-11-21(30(31,32)33)7-8-22(18)23)26-28-27(35-15-34-26)24-9-17(3)20(13-25(24)36-28)14-29(4,5)6;1-5-10(6-2)12(14)9-13(15)11(7-3)8-4;/h7-9,11-13,15-16H,14H2,1-6H3;9-11,14H,5-8H2,1-4H3;/q-1;;/b;12-9-;. The summed E-state index contributed by atoms with van der Waals surface area (Å²) in [5, 5.41) is 11.8. The van der Waals surface area contributed by atoms with Crippen LogP contribution in [0.5, 0.6) is 0 Å². The van der Waals surface area contributed by atoms with Gasteiger partial charge >= 0.3 is 6.18 Å². The topological polar surface area (TPSA) is 76.2 Å². The number of hydrogen-bond donors (Lipinski definition) is 1. The van der Waals surface area contributed by atoms with Crippen molar-refractivity contribution in [3.8, 4) is 11.3 Å². The number of halogens is 3. The third-order valence-corrected chi connectivity index (χ3v) is 9.62. The second kappa shape index (κ2) is 17.5. The number of aliphatic hydroxyl groups is 1. The Morgan fingerprint density at radius 3 is 2.12 bits per heavy atom. The van der Waals surface area contributed by atoms with Crippen molar-refractivity contribution in [3.63, 3.8) is 0 Å². The predicted molar refractivity (Wildman–Crippen MR) is 202 cm³/mol. The number of carbonyl (C=O) groups is 1. The molecule has 1 N–H and O–H groups in total. The van der Waals surface area contributed by atoms with Crippen LogP contribution in [0.4, 0.5) is 13.2 Å². The Bertz CT molecular complexity index is 2030. The van der Waals surface area contributed by atoms with Crippen LogP contribution in [0.25, 0.3) is 44.1 Å². The Balaban J connectivity index is 0.000000389. The van der Waals surface area contributed by atoms with Crippen molar-refractivity contribution in [1.29, 1.82) is 0 Å². The first-order chi connectivity index (χ1) is 23.9. The van der Waals surface area contributed by atoms with Crippen LogP contribution in [-0.4, -0.2) is 20.9 Å². The molecule has 5 rings (SSSR count). The quantitative estimate of drug-likeness (QED) is 0.0859. The van der Waals surface area contributed by atoms with Gasteiger partial charge in [-0.25, -0.2) is 4.98 Å². The molecular formula is C43H52F3IrN2O3-. The van der Waals surface area contributed by atoms with E-state index in [2.05, 4.69) is 55.9 Å². The van der Waals surface area contributed by atoms with Crippen molar-refractivity contribution in [1.82, 2.24) is 9.97 Å². The number of aryl methyl sites for hydroxylation is 1. The zero-order chi connectivity index (χ0) is 37.8. The normalized spacial score (nSPS) is 12.6. The summed E-state index contributed by atoms with van der Waals surface area (Å²) in [4.78, 5) is 20.7. The third-order valence-electron chi connectivity index (χ3n) is 9.62. The summed E-state index contributed by atoms with van der Waals surface area (Å²) in [6.07, 6.45) is 2.86. The number of alkyl halides is 3. The van der Waals surface area contributed by atoms with Crippen molar-refractivity contribution in [2.45, 2.75) is 113 Å². The van der Waals surface area contributed by atoms with Gasteiger partial charge in [-0.2, -0.15) is 13.2 Å². The molecule has 283 valence electrons. The number of nitrogens with zero attached hydrogens (tertiary/aromatic N) is 2. The Morgan fingerprint density at radius 2 is 1.56 bits per heavy atom. The van der Waals surface area contributed by atoms with E-state index in [-0.39, 0.29) is 54.8 Å². The van der Waals surface area contributed by atoms with E-state index in [1.165, 1.54) is 29.6 Å². The maximum atomic E-state index is 13.4. The van der Waals surface area contributed by atoms with Gasteiger partial charge in [0, 0.05) is 49.0 Å². The molecule has 0 saturated carbocycles. The molecule has 5 aromatic rings.